The minimum absolute atomic E-state index is 0.114. The van der Waals surface area contributed by atoms with E-state index in [0.717, 1.165) is 24.3 Å². The number of carbonyl (C=O) groups excluding carboxylic acids is 1. The van der Waals surface area contributed by atoms with Gasteiger partial charge in [-0.05, 0) is 25.0 Å². The largest absolute Gasteiger partial charge is 0.493 e. The van der Waals surface area contributed by atoms with Crippen molar-refractivity contribution in [3.8, 4) is 11.5 Å². The van der Waals surface area contributed by atoms with Crippen molar-refractivity contribution in [3.63, 3.8) is 0 Å². The minimum Gasteiger partial charge on any atom is -0.493 e. The molecule has 0 fully saturated rings. The van der Waals surface area contributed by atoms with Crippen LogP contribution in [0.3, 0.4) is 0 Å². The monoisotopic (exact) mass is 419 g/mol. The van der Waals surface area contributed by atoms with Crippen LogP contribution >= 0.6 is 0 Å². The predicted octanol–water partition coefficient (Wildman–Crippen LogP) is 7.31. The molecule has 0 radical (unpaired) electrons. The van der Waals surface area contributed by atoms with E-state index in [0.29, 0.717) is 18.8 Å². The van der Waals surface area contributed by atoms with Gasteiger partial charge < -0.3 is 14.8 Å². The summed E-state index contributed by atoms with van der Waals surface area (Å²) in [5.74, 6) is 1.32. The fourth-order valence-electron chi connectivity index (χ4n) is 3.51. The Morgan fingerprint density at radius 1 is 0.667 bits per heavy atom. The second-order valence-corrected chi connectivity index (χ2v) is 8.21. The summed E-state index contributed by atoms with van der Waals surface area (Å²) in [5.41, 5.74) is 0.587. The molecule has 0 unspecified atom stereocenters. The lowest BCUT2D eigenvalue weighted by atomic mass is 10.1. The smallest absolute Gasteiger partial charge is 0.251 e. The summed E-state index contributed by atoms with van der Waals surface area (Å²) in [6.07, 6.45) is 17.6. The molecule has 0 saturated heterocycles. The van der Waals surface area contributed by atoms with Gasteiger partial charge in [-0.25, -0.2) is 0 Å². The third kappa shape index (κ3) is 12.8. The summed E-state index contributed by atoms with van der Waals surface area (Å²) in [7, 11) is 1.65. The van der Waals surface area contributed by atoms with E-state index in [1.807, 2.05) is 6.07 Å². The first-order valence-electron chi connectivity index (χ1n) is 12.3. The van der Waals surface area contributed by atoms with Crippen LogP contribution in [-0.2, 0) is 0 Å². The molecule has 0 bridgehead atoms. The topological polar surface area (TPSA) is 47.6 Å². The zero-order valence-corrected chi connectivity index (χ0v) is 19.8. The average molecular weight is 420 g/mol. The van der Waals surface area contributed by atoms with Crippen molar-refractivity contribution in [1.29, 1.82) is 0 Å². The number of benzene rings is 1. The Balaban J connectivity index is 2.39. The molecule has 1 aromatic carbocycles. The number of rotatable bonds is 19. The number of hydrogen-bond acceptors (Lipinski definition) is 3. The van der Waals surface area contributed by atoms with Gasteiger partial charge in [0.2, 0.25) is 0 Å². The Hall–Kier alpha value is -1.71. The van der Waals surface area contributed by atoms with E-state index in [2.05, 4.69) is 19.2 Å². The van der Waals surface area contributed by atoms with Gasteiger partial charge in [-0.2, -0.15) is 0 Å². The van der Waals surface area contributed by atoms with Gasteiger partial charge in [-0.3, -0.25) is 4.79 Å². The zero-order chi connectivity index (χ0) is 21.9. The molecule has 4 nitrogen and oxygen atoms in total. The maximum Gasteiger partial charge on any atom is 0.251 e. The Morgan fingerprint density at radius 2 is 1.07 bits per heavy atom. The van der Waals surface area contributed by atoms with E-state index in [1.54, 1.807) is 19.2 Å². The summed E-state index contributed by atoms with van der Waals surface area (Å²) in [6, 6.07) is 5.52. The van der Waals surface area contributed by atoms with Crippen molar-refractivity contribution in [2.45, 2.75) is 104 Å². The third-order valence-corrected chi connectivity index (χ3v) is 5.40. The molecule has 1 N–H and O–H groups in total. The van der Waals surface area contributed by atoms with Crippen molar-refractivity contribution < 1.29 is 14.3 Å². The normalized spacial score (nSPS) is 10.8. The van der Waals surface area contributed by atoms with E-state index >= 15 is 0 Å². The SMILES string of the molecule is CCCCCCCCCOc1cc(OCCCCCCCCC)cc(C(=O)NC)c1. The maximum absolute atomic E-state index is 12.1. The van der Waals surface area contributed by atoms with E-state index < -0.39 is 0 Å². The molecule has 0 aromatic heterocycles. The minimum atomic E-state index is -0.114. The van der Waals surface area contributed by atoms with E-state index in [4.69, 9.17) is 9.47 Å². The summed E-state index contributed by atoms with van der Waals surface area (Å²) in [6.45, 7) is 5.85. The van der Waals surface area contributed by atoms with Crippen LogP contribution in [0.1, 0.15) is 114 Å². The molecule has 1 rings (SSSR count). The first kappa shape index (κ1) is 26.3. The van der Waals surface area contributed by atoms with Crippen LogP contribution in [0.2, 0.25) is 0 Å². The maximum atomic E-state index is 12.1. The summed E-state index contributed by atoms with van der Waals surface area (Å²) in [5, 5.41) is 2.69. The van der Waals surface area contributed by atoms with Gasteiger partial charge in [-0.15, -0.1) is 0 Å². The molecular weight excluding hydrogens is 374 g/mol. The highest BCUT2D eigenvalue weighted by molar-refractivity contribution is 5.94. The first-order valence-corrected chi connectivity index (χ1v) is 12.3. The second-order valence-electron chi connectivity index (χ2n) is 8.21. The summed E-state index contributed by atoms with van der Waals surface area (Å²) < 4.78 is 11.9. The number of hydrogen-bond donors (Lipinski definition) is 1. The Kier molecular flexibility index (Phi) is 15.9. The quantitative estimate of drug-likeness (QED) is 0.239. The fraction of sp³-hybridized carbons (Fsp3) is 0.731. The molecule has 0 aliphatic rings. The standard InChI is InChI=1S/C26H45NO3/c1-4-6-8-10-12-14-16-18-29-24-20-23(26(28)27-3)21-25(22-24)30-19-17-15-13-11-9-7-5-2/h20-22H,4-19H2,1-3H3,(H,27,28). The van der Waals surface area contributed by atoms with Gasteiger partial charge in [0.25, 0.3) is 5.91 Å². The molecule has 0 aliphatic carbocycles. The zero-order valence-electron chi connectivity index (χ0n) is 19.8. The first-order chi connectivity index (χ1) is 14.7. The van der Waals surface area contributed by atoms with Crippen molar-refractivity contribution in [1.82, 2.24) is 5.32 Å². The molecule has 4 heteroatoms. The van der Waals surface area contributed by atoms with Crippen LogP contribution in [-0.4, -0.2) is 26.2 Å². The van der Waals surface area contributed by atoms with E-state index in [9.17, 15) is 4.79 Å². The van der Waals surface area contributed by atoms with Crippen molar-refractivity contribution >= 4 is 5.91 Å². The van der Waals surface area contributed by atoms with E-state index in [1.165, 1.54) is 77.0 Å². The summed E-state index contributed by atoms with van der Waals surface area (Å²) >= 11 is 0. The molecule has 30 heavy (non-hydrogen) atoms. The molecule has 0 heterocycles. The lowest BCUT2D eigenvalue weighted by molar-refractivity contribution is 0.0962. The fourth-order valence-corrected chi connectivity index (χ4v) is 3.51. The van der Waals surface area contributed by atoms with Gasteiger partial charge in [0.05, 0.1) is 13.2 Å². The van der Waals surface area contributed by atoms with Crippen molar-refractivity contribution in [2.75, 3.05) is 20.3 Å². The number of amides is 1. The van der Waals surface area contributed by atoms with Gasteiger partial charge in [0.15, 0.2) is 0 Å². The van der Waals surface area contributed by atoms with Crippen LogP contribution in [0.4, 0.5) is 0 Å². The highest BCUT2D eigenvalue weighted by atomic mass is 16.5. The number of carbonyl (C=O) groups is 1. The highest BCUT2D eigenvalue weighted by Gasteiger charge is 2.09. The van der Waals surface area contributed by atoms with Crippen LogP contribution in [0.5, 0.6) is 11.5 Å². The lowest BCUT2D eigenvalue weighted by Gasteiger charge is -2.12. The van der Waals surface area contributed by atoms with E-state index in [-0.39, 0.29) is 5.91 Å². The van der Waals surface area contributed by atoms with Crippen molar-refractivity contribution in [3.05, 3.63) is 23.8 Å². The Bertz CT molecular complexity index is 521. The Morgan fingerprint density at radius 3 is 1.47 bits per heavy atom. The van der Waals surface area contributed by atoms with Gasteiger partial charge in [-0.1, -0.05) is 90.9 Å². The van der Waals surface area contributed by atoms with Crippen LogP contribution in [0.15, 0.2) is 18.2 Å². The molecule has 0 atom stereocenters. The van der Waals surface area contributed by atoms with Gasteiger partial charge >= 0.3 is 0 Å². The number of nitrogens with one attached hydrogen (secondary N) is 1. The molecule has 1 amide bonds. The molecular formula is C26H45NO3. The summed E-state index contributed by atoms with van der Waals surface area (Å²) in [4.78, 5) is 12.1. The van der Waals surface area contributed by atoms with Gasteiger partial charge in [0, 0.05) is 18.7 Å². The average Bonchev–Trinajstić information content (AvgIpc) is 2.76. The van der Waals surface area contributed by atoms with Crippen molar-refractivity contribution in [2.24, 2.45) is 0 Å². The third-order valence-electron chi connectivity index (χ3n) is 5.40. The molecule has 172 valence electrons. The number of unbranched alkanes of at least 4 members (excludes halogenated alkanes) is 12. The molecule has 0 saturated carbocycles. The molecule has 0 aliphatic heterocycles. The highest BCUT2D eigenvalue weighted by Crippen LogP contribution is 2.24. The second kappa shape index (κ2) is 18.1. The van der Waals surface area contributed by atoms with Gasteiger partial charge in [0.1, 0.15) is 11.5 Å². The lowest BCUT2D eigenvalue weighted by Crippen LogP contribution is -2.18. The van der Waals surface area contributed by atoms with Crippen LogP contribution < -0.4 is 14.8 Å². The Labute approximate surface area is 185 Å². The number of ether oxygens (including phenoxy) is 2. The predicted molar refractivity (Wildman–Crippen MR) is 127 cm³/mol. The molecule has 0 spiro atoms. The van der Waals surface area contributed by atoms with Crippen LogP contribution in [0.25, 0.3) is 0 Å². The molecule has 1 aromatic rings. The van der Waals surface area contributed by atoms with Crippen LogP contribution in [0, 0.1) is 0 Å².